The number of likely N-dealkylation sites (tertiary alicyclic amines) is 1. The van der Waals surface area contributed by atoms with Gasteiger partial charge in [0.2, 0.25) is 0 Å². The Morgan fingerprint density at radius 3 is 2.77 bits per heavy atom. The fraction of sp³-hybridized carbons (Fsp3) is 0.611. The number of benzene rings is 1. The number of quaternary nitrogens is 1. The number of carbonyl (C=O) groups excluding carboxylic acids is 1. The van der Waals surface area contributed by atoms with Gasteiger partial charge in [-0.25, -0.2) is 0 Å². The van der Waals surface area contributed by atoms with Crippen molar-refractivity contribution >= 4 is 5.97 Å². The molecule has 1 aliphatic rings. The lowest BCUT2D eigenvalue weighted by atomic mass is 9.96. The van der Waals surface area contributed by atoms with Gasteiger partial charge in [-0.15, -0.1) is 0 Å². The molecule has 1 unspecified atom stereocenters. The van der Waals surface area contributed by atoms with Crippen LogP contribution in [0.1, 0.15) is 36.5 Å². The number of aryl methyl sites for hydroxylation is 2. The van der Waals surface area contributed by atoms with Crippen LogP contribution in [-0.4, -0.2) is 32.8 Å². The van der Waals surface area contributed by atoms with E-state index in [0.29, 0.717) is 6.61 Å². The van der Waals surface area contributed by atoms with Crippen molar-refractivity contribution in [2.75, 3.05) is 26.8 Å². The molecular weight excluding hydrogens is 278 g/mol. The Hall–Kier alpha value is -1.55. The minimum atomic E-state index is -0.0256. The molecule has 1 aliphatic heterocycles. The molecule has 4 heteroatoms. The number of ether oxygens (including phenoxy) is 2. The second-order valence-corrected chi connectivity index (χ2v) is 6.22. The van der Waals surface area contributed by atoms with E-state index in [2.05, 4.69) is 26.0 Å². The van der Waals surface area contributed by atoms with E-state index in [1.54, 1.807) is 7.11 Å². The van der Waals surface area contributed by atoms with E-state index in [-0.39, 0.29) is 11.9 Å². The van der Waals surface area contributed by atoms with Crippen molar-refractivity contribution in [1.29, 1.82) is 0 Å². The maximum atomic E-state index is 11.9. The summed E-state index contributed by atoms with van der Waals surface area (Å²) >= 11 is 0. The summed E-state index contributed by atoms with van der Waals surface area (Å²) in [4.78, 5) is 13.4. The molecule has 0 radical (unpaired) electrons. The molecule has 0 aromatic heterocycles. The van der Waals surface area contributed by atoms with Crippen LogP contribution in [0.25, 0.3) is 0 Å². The van der Waals surface area contributed by atoms with E-state index in [1.807, 2.05) is 6.92 Å². The van der Waals surface area contributed by atoms with Crippen LogP contribution in [-0.2, 0) is 16.1 Å². The van der Waals surface area contributed by atoms with Crippen LogP contribution in [0.15, 0.2) is 12.1 Å². The van der Waals surface area contributed by atoms with Crippen molar-refractivity contribution in [2.45, 2.75) is 40.2 Å². The summed E-state index contributed by atoms with van der Waals surface area (Å²) in [7, 11) is 1.71. The predicted molar refractivity (Wildman–Crippen MR) is 86.2 cm³/mol. The van der Waals surface area contributed by atoms with Gasteiger partial charge in [-0.3, -0.25) is 4.79 Å². The van der Waals surface area contributed by atoms with Crippen LogP contribution in [0.5, 0.6) is 5.75 Å². The SMILES string of the molecule is CCOC(=O)[C@@H]1CCC[NH+](Cc2cc(C)c(OC)cc2C)C1. The zero-order chi connectivity index (χ0) is 16.1. The van der Waals surface area contributed by atoms with Gasteiger partial charge in [0.25, 0.3) is 0 Å². The number of rotatable bonds is 5. The molecule has 1 N–H and O–H groups in total. The second-order valence-electron chi connectivity index (χ2n) is 6.22. The fourth-order valence-corrected chi connectivity index (χ4v) is 3.30. The van der Waals surface area contributed by atoms with Crippen LogP contribution in [0.3, 0.4) is 0 Å². The molecule has 1 fully saturated rings. The average Bonchev–Trinajstić information content (AvgIpc) is 2.51. The molecule has 1 aromatic carbocycles. The Bertz CT molecular complexity index is 527. The zero-order valence-corrected chi connectivity index (χ0v) is 14.2. The molecule has 1 saturated heterocycles. The Kier molecular flexibility index (Phi) is 5.83. The molecule has 2 atom stereocenters. The zero-order valence-electron chi connectivity index (χ0n) is 14.2. The second kappa shape index (κ2) is 7.63. The van der Waals surface area contributed by atoms with Crippen LogP contribution >= 0.6 is 0 Å². The van der Waals surface area contributed by atoms with E-state index in [4.69, 9.17) is 9.47 Å². The number of esters is 1. The minimum Gasteiger partial charge on any atom is -0.496 e. The molecule has 0 saturated carbocycles. The lowest BCUT2D eigenvalue weighted by molar-refractivity contribution is -0.921. The van der Waals surface area contributed by atoms with Gasteiger partial charge in [-0.2, -0.15) is 0 Å². The topological polar surface area (TPSA) is 40.0 Å². The van der Waals surface area contributed by atoms with Crippen molar-refractivity contribution < 1.29 is 19.2 Å². The van der Waals surface area contributed by atoms with Crippen LogP contribution < -0.4 is 9.64 Å². The molecule has 0 aliphatic carbocycles. The Labute approximate surface area is 133 Å². The third-order valence-electron chi connectivity index (χ3n) is 4.53. The van der Waals surface area contributed by atoms with E-state index >= 15 is 0 Å². The first-order valence-corrected chi connectivity index (χ1v) is 8.19. The van der Waals surface area contributed by atoms with Crippen LogP contribution in [0, 0.1) is 19.8 Å². The van der Waals surface area contributed by atoms with Gasteiger partial charge in [-0.1, -0.05) is 0 Å². The van der Waals surface area contributed by atoms with Crippen molar-refractivity contribution in [3.05, 3.63) is 28.8 Å². The quantitative estimate of drug-likeness (QED) is 0.841. The van der Waals surface area contributed by atoms with Crippen molar-refractivity contribution in [2.24, 2.45) is 5.92 Å². The van der Waals surface area contributed by atoms with E-state index < -0.39 is 0 Å². The first-order chi connectivity index (χ1) is 10.5. The predicted octanol–water partition coefficient (Wildman–Crippen LogP) is 1.67. The highest BCUT2D eigenvalue weighted by Crippen LogP contribution is 2.22. The normalized spacial score (nSPS) is 21.5. The summed E-state index contributed by atoms with van der Waals surface area (Å²) in [6.45, 7) is 9.52. The van der Waals surface area contributed by atoms with Gasteiger partial charge >= 0.3 is 5.97 Å². The van der Waals surface area contributed by atoms with E-state index in [0.717, 1.165) is 38.2 Å². The van der Waals surface area contributed by atoms with Crippen LogP contribution in [0.2, 0.25) is 0 Å². The molecule has 4 nitrogen and oxygen atoms in total. The lowest BCUT2D eigenvalue weighted by Crippen LogP contribution is -3.12. The summed E-state index contributed by atoms with van der Waals surface area (Å²) in [5.41, 5.74) is 3.77. The summed E-state index contributed by atoms with van der Waals surface area (Å²) in [6, 6.07) is 4.33. The average molecular weight is 306 g/mol. The number of piperidine rings is 1. The smallest absolute Gasteiger partial charge is 0.314 e. The third-order valence-corrected chi connectivity index (χ3v) is 4.53. The van der Waals surface area contributed by atoms with Gasteiger partial charge in [0.05, 0.1) is 26.8 Å². The summed E-state index contributed by atoms with van der Waals surface area (Å²) in [6.07, 6.45) is 2.05. The lowest BCUT2D eigenvalue weighted by Gasteiger charge is -2.29. The standard InChI is InChI=1S/C18H27NO3/c1-5-22-18(20)15-7-6-8-19(11-15)12-16-9-14(3)17(21-4)10-13(16)2/h9-10,15H,5-8,11-12H2,1-4H3/p+1/t15-/m1/s1. The van der Waals surface area contributed by atoms with Crippen LogP contribution in [0.4, 0.5) is 0 Å². The Morgan fingerprint density at radius 2 is 2.09 bits per heavy atom. The molecule has 0 bridgehead atoms. The summed E-state index contributed by atoms with van der Waals surface area (Å²) in [5, 5.41) is 0. The molecule has 122 valence electrons. The molecular formula is C18H28NO3+. The van der Waals surface area contributed by atoms with Gasteiger partial charge in [-0.05, 0) is 56.9 Å². The number of methoxy groups -OCH3 is 1. The Morgan fingerprint density at radius 1 is 1.32 bits per heavy atom. The van der Waals surface area contributed by atoms with E-state index in [9.17, 15) is 4.79 Å². The molecule has 22 heavy (non-hydrogen) atoms. The highest BCUT2D eigenvalue weighted by atomic mass is 16.5. The molecule has 2 rings (SSSR count). The third kappa shape index (κ3) is 4.01. The fourth-order valence-electron chi connectivity index (χ4n) is 3.30. The summed E-state index contributed by atoms with van der Waals surface area (Å²) < 4.78 is 10.6. The van der Waals surface area contributed by atoms with Crippen molar-refractivity contribution in [1.82, 2.24) is 0 Å². The van der Waals surface area contributed by atoms with Gasteiger partial charge in [0.15, 0.2) is 0 Å². The number of hydrogen-bond donors (Lipinski definition) is 1. The van der Waals surface area contributed by atoms with Gasteiger partial charge < -0.3 is 14.4 Å². The molecule has 1 heterocycles. The first-order valence-electron chi connectivity index (χ1n) is 8.19. The highest BCUT2D eigenvalue weighted by molar-refractivity contribution is 5.72. The molecule has 0 spiro atoms. The molecule has 0 amide bonds. The number of hydrogen-bond acceptors (Lipinski definition) is 3. The van der Waals surface area contributed by atoms with Crippen molar-refractivity contribution in [3.63, 3.8) is 0 Å². The molecule has 1 aromatic rings. The highest BCUT2D eigenvalue weighted by Gasteiger charge is 2.30. The van der Waals surface area contributed by atoms with E-state index in [1.165, 1.54) is 21.6 Å². The number of carbonyl (C=O) groups is 1. The minimum absolute atomic E-state index is 0.0256. The monoisotopic (exact) mass is 306 g/mol. The van der Waals surface area contributed by atoms with Crippen molar-refractivity contribution in [3.8, 4) is 5.75 Å². The van der Waals surface area contributed by atoms with Gasteiger partial charge in [0, 0.05) is 5.56 Å². The first kappa shape index (κ1) is 16.8. The summed E-state index contributed by atoms with van der Waals surface area (Å²) in [5.74, 6) is 0.977. The number of nitrogens with one attached hydrogen (secondary N) is 1. The largest absolute Gasteiger partial charge is 0.496 e. The maximum Gasteiger partial charge on any atom is 0.314 e. The van der Waals surface area contributed by atoms with Gasteiger partial charge in [0.1, 0.15) is 18.2 Å². The Balaban J connectivity index is 2.04. The maximum absolute atomic E-state index is 11.9.